The van der Waals surface area contributed by atoms with Gasteiger partial charge in [0.25, 0.3) is 5.91 Å². The normalized spacial score (nSPS) is 15.4. The van der Waals surface area contributed by atoms with Gasteiger partial charge in [-0.3, -0.25) is 9.48 Å². The number of rotatable bonds is 9. The molecule has 0 aliphatic carbocycles. The number of aliphatic hydroxyl groups is 1. The first kappa shape index (κ1) is 27.3. The second-order valence-electron chi connectivity index (χ2n) is 10.4. The Morgan fingerprint density at radius 1 is 1.15 bits per heavy atom. The van der Waals surface area contributed by atoms with Crippen molar-refractivity contribution in [3.63, 3.8) is 0 Å². The Balaban J connectivity index is 1.47. The maximum atomic E-state index is 16.0. The standard InChI is InChI=1S/C31H35FN6O2/c1-4-9-24-11-5-6-17-37(24)31(40)27-14-8-13-26(30(27)32)22-10-7-12-25(18-22)38-29(28(19-33-38)21(2)39)16-15-23-20-36(3)35-34-23/h7-8,10,12-14,18-20,24,39H,2,4-6,9,11,15-17H2,1,3H3. The third-order valence-corrected chi connectivity index (χ3v) is 7.59. The van der Waals surface area contributed by atoms with Crippen LogP contribution in [0.2, 0.25) is 0 Å². The highest BCUT2D eigenvalue weighted by molar-refractivity contribution is 5.96. The number of carbonyl (C=O) groups is 1. The molecule has 0 radical (unpaired) electrons. The molecule has 208 valence electrons. The second-order valence-corrected chi connectivity index (χ2v) is 10.4. The zero-order valence-corrected chi connectivity index (χ0v) is 23.1. The average molecular weight is 543 g/mol. The summed E-state index contributed by atoms with van der Waals surface area (Å²) in [5, 5.41) is 22.9. The van der Waals surface area contributed by atoms with Crippen molar-refractivity contribution >= 4 is 11.7 Å². The lowest BCUT2D eigenvalue weighted by Crippen LogP contribution is -2.44. The van der Waals surface area contributed by atoms with Crippen LogP contribution in [0.5, 0.6) is 0 Å². The van der Waals surface area contributed by atoms with Crippen LogP contribution in [-0.4, -0.2) is 53.3 Å². The largest absolute Gasteiger partial charge is 0.508 e. The lowest BCUT2D eigenvalue weighted by atomic mass is 9.96. The Bertz CT molecular complexity index is 1520. The van der Waals surface area contributed by atoms with Gasteiger partial charge in [-0.25, -0.2) is 9.07 Å². The highest BCUT2D eigenvalue weighted by Crippen LogP contribution is 2.30. The predicted molar refractivity (Wildman–Crippen MR) is 153 cm³/mol. The molecule has 9 heteroatoms. The van der Waals surface area contributed by atoms with Gasteiger partial charge in [0, 0.05) is 31.4 Å². The number of halogens is 1. The summed E-state index contributed by atoms with van der Waals surface area (Å²) in [5.41, 5.74) is 3.91. The zero-order chi connectivity index (χ0) is 28.2. The van der Waals surface area contributed by atoms with Gasteiger partial charge in [-0.1, -0.05) is 49.4 Å². The van der Waals surface area contributed by atoms with Crippen LogP contribution in [0.1, 0.15) is 66.3 Å². The van der Waals surface area contributed by atoms with Crippen LogP contribution in [0.3, 0.4) is 0 Å². The summed E-state index contributed by atoms with van der Waals surface area (Å²) in [7, 11) is 1.81. The Kier molecular flexibility index (Phi) is 8.09. The summed E-state index contributed by atoms with van der Waals surface area (Å²) in [6, 6.07) is 12.6. The minimum atomic E-state index is -0.516. The molecule has 1 aliphatic rings. The average Bonchev–Trinajstić information content (AvgIpc) is 3.58. The zero-order valence-electron chi connectivity index (χ0n) is 23.1. The molecule has 1 fully saturated rings. The molecule has 0 saturated carbocycles. The molecular formula is C31H35FN6O2. The summed E-state index contributed by atoms with van der Waals surface area (Å²) in [6.45, 7) is 6.48. The van der Waals surface area contributed by atoms with Crippen LogP contribution in [0, 0.1) is 5.82 Å². The van der Waals surface area contributed by atoms with Crippen molar-refractivity contribution in [3.05, 3.63) is 89.8 Å². The van der Waals surface area contributed by atoms with E-state index in [0.29, 0.717) is 41.8 Å². The molecule has 8 nitrogen and oxygen atoms in total. The van der Waals surface area contributed by atoms with Crippen LogP contribution in [0.4, 0.5) is 4.39 Å². The van der Waals surface area contributed by atoms with Gasteiger partial charge < -0.3 is 10.0 Å². The molecule has 0 spiro atoms. The second kappa shape index (κ2) is 11.9. The van der Waals surface area contributed by atoms with Gasteiger partial charge in [-0.15, -0.1) is 5.10 Å². The van der Waals surface area contributed by atoms with E-state index in [-0.39, 0.29) is 23.3 Å². The molecule has 1 unspecified atom stereocenters. The van der Waals surface area contributed by atoms with Crippen LogP contribution >= 0.6 is 0 Å². The third-order valence-electron chi connectivity index (χ3n) is 7.59. The number of carbonyl (C=O) groups excluding carboxylic acids is 1. The number of amides is 1. The van der Waals surface area contributed by atoms with Crippen LogP contribution in [-0.2, 0) is 19.9 Å². The smallest absolute Gasteiger partial charge is 0.257 e. The highest BCUT2D eigenvalue weighted by atomic mass is 19.1. The van der Waals surface area contributed by atoms with Crippen LogP contribution in [0.25, 0.3) is 22.6 Å². The first-order valence-corrected chi connectivity index (χ1v) is 13.9. The molecule has 1 atom stereocenters. The molecule has 40 heavy (non-hydrogen) atoms. The SMILES string of the molecule is C=C(O)c1cnn(-c2cccc(-c3cccc(C(=O)N4CCCCC4CCC)c3F)c2)c1CCc1cn(C)nn1. The number of piperidine rings is 1. The van der Waals surface area contributed by atoms with Crippen molar-refractivity contribution < 1.29 is 14.3 Å². The molecule has 1 N–H and O–H groups in total. The number of benzene rings is 2. The van der Waals surface area contributed by atoms with E-state index in [1.165, 1.54) is 0 Å². The van der Waals surface area contributed by atoms with Gasteiger partial charge in [-0.05, 0) is 62.3 Å². The number of aliphatic hydroxyl groups excluding tert-OH is 1. The molecule has 5 rings (SSSR count). The number of likely N-dealkylation sites (tertiary alicyclic amines) is 1. The fourth-order valence-electron chi connectivity index (χ4n) is 5.62. The maximum absolute atomic E-state index is 16.0. The topological polar surface area (TPSA) is 89.1 Å². The fraction of sp³-hybridized carbons (Fsp3) is 0.355. The van der Waals surface area contributed by atoms with Crippen molar-refractivity contribution in [1.82, 2.24) is 29.7 Å². The van der Waals surface area contributed by atoms with E-state index in [1.54, 1.807) is 33.8 Å². The van der Waals surface area contributed by atoms with Gasteiger partial charge >= 0.3 is 0 Å². The number of aryl methyl sites for hydroxylation is 2. The molecule has 2 aromatic heterocycles. The first-order valence-electron chi connectivity index (χ1n) is 13.9. The predicted octanol–water partition coefficient (Wildman–Crippen LogP) is 5.92. The molecule has 1 amide bonds. The summed E-state index contributed by atoms with van der Waals surface area (Å²) in [6.07, 6.45) is 9.48. The Morgan fingerprint density at radius 3 is 2.73 bits per heavy atom. The van der Waals surface area contributed by atoms with Crippen LogP contribution < -0.4 is 0 Å². The summed E-state index contributed by atoms with van der Waals surface area (Å²) in [4.78, 5) is 15.4. The van der Waals surface area contributed by atoms with E-state index in [9.17, 15) is 9.90 Å². The Labute approximate surface area is 233 Å². The lowest BCUT2D eigenvalue weighted by molar-refractivity contribution is 0.0596. The van der Waals surface area contributed by atoms with Crippen molar-refractivity contribution in [3.8, 4) is 16.8 Å². The quantitative estimate of drug-likeness (QED) is 0.266. The minimum absolute atomic E-state index is 0.0760. The summed E-state index contributed by atoms with van der Waals surface area (Å²) >= 11 is 0. The molecule has 1 aliphatic heterocycles. The Morgan fingerprint density at radius 2 is 1.98 bits per heavy atom. The molecule has 0 bridgehead atoms. The van der Waals surface area contributed by atoms with E-state index in [0.717, 1.165) is 43.5 Å². The lowest BCUT2D eigenvalue weighted by Gasteiger charge is -2.36. The summed E-state index contributed by atoms with van der Waals surface area (Å²) in [5.74, 6) is -0.829. The summed E-state index contributed by atoms with van der Waals surface area (Å²) < 4.78 is 19.4. The Hall–Kier alpha value is -4.27. The van der Waals surface area contributed by atoms with Crippen molar-refractivity contribution in [2.45, 2.75) is 57.9 Å². The van der Waals surface area contributed by atoms with Gasteiger partial charge in [-0.2, -0.15) is 5.10 Å². The van der Waals surface area contributed by atoms with E-state index < -0.39 is 5.82 Å². The fourth-order valence-corrected chi connectivity index (χ4v) is 5.62. The van der Waals surface area contributed by atoms with E-state index >= 15 is 4.39 Å². The molecule has 1 saturated heterocycles. The number of aromatic nitrogens is 5. The van der Waals surface area contributed by atoms with Crippen molar-refractivity contribution in [2.24, 2.45) is 7.05 Å². The maximum Gasteiger partial charge on any atom is 0.257 e. The monoisotopic (exact) mass is 542 g/mol. The van der Waals surface area contributed by atoms with Gasteiger partial charge in [0.2, 0.25) is 0 Å². The number of hydrogen-bond donors (Lipinski definition) is 1. The van der Waals surface area contributed by atoms with Gasteiger partial charge in [0.05, 0.1) is 34.4 Å². The van der Waals surface area contributed by atoms with E-state index in [4.69, 9.17) is 0 Å². The van der Waals surface area contributed by atoms with Crippen molar-refractivity contribution in [1.29, 1.82) is 0 Å². The molecule has 4 aromatic rings. The molecule has 3 heterocycles. The van der Waals surface area contributed by atoms with Crippen molar-refractivity contribution in [2.75, 3.05) is 6.54 Å². The number of hydrogen-bond acceptors (Lipinski definition) is 5. The molecular weight excluding hydrogens is 507 g/mol. The van der Waals surface area contributed by atoms with Crippen LogP contribution in [0.15, 0.2) is 61.4 Å². The first-order chi connectivity index (χ1) is 19.4. The highest BCUT2D eigenvalue weighted by Gasteiger charge is 2.29. The minimum Gasteiger partial charge on any atom is -0.508 e. The third kappa shape index (κ3) is 5.54. The number of nitrogens with zero attached hydrogens (tertiary/aromatic N) is 6. The van der Waals surface area contributed by atoms with E-state index in [2.05, 4.69) is 28.9 Å². The van der Waals surface area contributed by atoms with E-state index in [1.807, 2.05) is 42.4 Å². The van der Waals surface area contributed by atoms with Gasteiger partial charge in [0.1, 0.15) is 11.6 Å². The van der Waals surface area contributed by atoms with Gasteiger partial charge in [0.15, 0.2) is 0 Å². The molecule has 2 aromatic carbocycles.